The van der Waals surface area contributed by atoms with Crippen molar-refractivity contribution in [2.75, 3.05) is 6.26 Å². The molecule has 4 rings (SSSR count). The maximum Gasteiger partial charge on any atom is 0.246 e. The molecule has 0 radical (unpaired) electrons. The summed E-state index contributed by atoms with van der Waals surface area (Å²) in [6.07, 6.45) is 11.9. The highest BCUT2D eigenvalue weighted by molar-refractivity contribution is 7.97. The van der Waals surface area contributed by atoms with Crippen LogP contribution in [-0.4, -0.2) is 21.2 Å². The van der Waals surface area contributed by atoms with Gasteiger partial charge in [0, 0.05) is 29.3 Å². The lowest BCUT2D eigenvalue weighted by Gasteiger charge is -2.25. The third-order valence-corrected chi connectivity index (χ3v) is 5.92. The summed E-state index contributed by atoms with van der Waals surface area (Å²) in [5.41, 5.74) is 15.6. The molecule has 3 aromatic rings. The molecule has 1 atom stereocenters. The number of oxazole rings is 1. The van der Waals surface area contributed by atoms with E-state index in [1.165, 1.54) is 24.6 Å². The fourth-order valence-corrected chi connectivity index (χ4v) is 4.24. The Morgan fingerprint density at radius 1 is 1.16 bits per heavy atom. The van der Waals surface area contributed by atoms with Crippen molar-refractivity contribution in [2.24, 2.45) is 11.5 Å². The first kappa shape index (κ1) is 30.0. The lowest BCUT2D eigenvalue weighted by molar-refractivity contribution is 0.565. The van der Waals surface area contributed by atoms with E-state index in [4.69, 9.17) is 15.9 Å². The number of hydrogen-bond donors (Lipinski definition) is 2. The van der Waals surface area contributed by atoms with Crippen molar-refractivity contribution in [3.05, 3.63) is 82.8 Å². The van der Waals surface area contributed by atoms with E-state index < -0.39 is 11.6 Å². The SMILES string of the molecule is CC.CCC.CSCc1coc(-c2cncc(C3CCCC(/C=C(\N)c4c(F)cccc4F)=C3N)n2)n1. The molecule has 0 spiro atoms. The first-order valence-electron chi connectivity index (χ1n) is 12.5. The lowest BCUT2D eigenvalue weighted by Crippen LogP contribution is -2.19. The van der Waals surface area contributed by atoms with Crippen molar-refractivity contribution >= 4 is 17.5 Å². The Morgan fingerprint density at radius 2 is 1.84 bits per heavy atom. The van der Waals surface area contributed by atoms with Gasteiger partial charge in [-0.1, -0.05) is 40.2 Å². The highest BCUT2D eigenvalue weighted by Crippen LogP contribution is 2.36. The molecule has 0 aliphatic heterocycles. The number of rotatable bonds is 6. The van der Waals surface area contributed by atoms with E-state index in [1.807, 2.05) is 20.1 Å². The molecule has 2 heterocycles. The van der Waals surface area contributed by atoms with Crippen molar-refractivity contribution in [3.8, 4) is 11.6 Å². The van der Waals surface area contributed by atoms with E-state index >= 15 is 0 Å². The third kappa shape index (κ3) is 7.89. The molecule has 1 aliphatic rings. The fraction of sp³-hybridized carbons (Fsp3) is 0.393. The van der Waals surface area contributed by atoms with Crippen molar-refractivity contribution in [1.82, 2.24) is 15.0 Å². The molecule has 0 amide bonds. The van der Waals surface area contributed by atoms with Crippen molar-refractivity contribution in [2.45, 2.75) is 65.0 Å². The van der Waals surface area contributed by atoms with Crippen molar-refractivity contribution in [3.63, 3.8) is 0 Å². The van der Waals surface area contributed by atoms with Gasteiger partial charge >= 0.3 is 0 Å². The van der Waals surface area contributed by atoms with Gasteiger partial charge < -0.3 is 15.9 Å². The van der Waals surface area contributed by atoms with Crippen LogP contribution in [0.1, 0.15) is 76.2 Å². The number of thioether (sulfide) groups is 1. The van der Waals surface area contributed by atoms with Crippen LogP contribution < -0.4 is 11.5 Å². The second kappa shape index (κ2) is 15.1. The second-order valence-corrected chi connectivity index (χ2v) is 9.10. The Labute approximate surface area is 222 Å². The number of aromatic nitrogens is 3. The molecule has 1 aromatic carbocycles. The van der Waals surface area contributed by atoms with Gasteiger partial charge in [-0.25, -0.2) is 18.7 Å². The van der Waals surface area contributed by atoms with Crippen molar-refractivity contribution in [1.29, 1.82) is 0 Å². The van der Waals surface area contributed by atoms with Crippen LogP contribution in [0.25, 0.3) is 17.3 Å². The van der Waals surface area contributed by atoms with Gasteiger partial charge in [-0.15, -0.1) is 0 Å². The summed E-state index contributed by atoms with van der Waals surface area (Å²) in [5.74, 6) is -0.469. The zero-order valence-electron chi connectivity index (χ0n) is 22.2. The summed E-state index contributed by atoms with van der Waals surface area (Å²) in [4.78, 5) is 13.4. The minimum Gasteiger partial charge on any atom is -0.443 e. The van der Waals surface area contributed by atoms with Crippen LogP contribution in [0.2, 0.25) is 0 Å². The van der Waals surface area contributed by atoms with E-state index in [-0.39, 0.29) is 17.2 Å². The molecule has 0 fully saturated rings. The minimum atomic E-state index is -0.712. The smallest absolute Gasteiger partial charge is 0.246 e. The Kier molecular flexibility index (Phi) is 12.3. The first-order chi connectivity index (χ1) is 17.9. The number of nitrogens with two attached hydrogens (primary N) is 2. The number of hydrogen-bond acceptors (Lipinski definition) is 7. The fourth-order valence-electron chi connectivity index (χ4n) is 3.81. The third-order valence-electron chi connectivity index (χ3n) is 5.34. The molecule has 4 N–H and O–H groups in total. The van der Waals surface area contributed by atoms with Crippen LogP contribution in [0.3, 0.4) is 0 Å². The maximum absolute atomic E-state index is 14.1. The second-order valence-electron chi connectivity index (χ2n) is 8.24. The first-order valence-corrected chi connectivity index (χ1v) is 13.9. The van der Waals surface area contributed by atoms with Crippen LogP contribution in [-0.2, 0) is 5.75 Å². The Hall–Kier alpha value is -3.20. The average molecular weight is 530 g/mol. The standard InChI is InChI=1S/C23H23F2N5OS.C3H8.C2H6/c1-32-12-14-11-31-23(29-14)20-10-28-9-19(30-20)15-5-2-4-13(22(15)27)8-18(26)21-16(24)6-3-7-17(21)25;1-3-2;1-2/h3,6-11,15H,2,4-5,12,26-27H2,1H3;3H2,1-2H3;1-2H3/b18-8-;;. The Balaban J connectivity index is 0.000000898. The number of allylic oxidation sites excluding steroid dienone is 3. The quantitative estimate of drug-likeness (QED) is 0.348. The number of nitrogens with zero attached hydrogens (tertiary/aromatic N) is 3. The largest absolute Gasteiger partial charge is 0.443 e. The molecule has 0 saturated carbocycles. The van der Waals surface area contributed by atoms with E-state index in [0.29, 0.717) is 29.4 Å². The maximum atomic E-state index is 14.1. The minimum absolute atomic E-state index is 0.000133. The number of benzene rings is 1. The molecular formula is C28H37F2N5OS. The van der Waals surface area contributed by atoms with E-state index in [1.54, 1.807) is 36.5 Å². The van der Waals surface area contributed by atoms with Gasteiger partial charge in [0.2, 0.25) is 5.89 Å². The summed E-state index contributed by atoms with van der Waals surface area (Å²) in [7, 11) is 0. The van der Waals surface area contributed by atoms with Gasteiger partial charge in [-0.05, 0) is 49.3 Å². The van der Waals surface area contributed by atoms with Gasteiger partial charge in [-0.2, -0.15) is 11.8 Å². The summed E-state index contributed by atoms with van der Waals surface area (Å²) >= 11 is 1.65. The number of halogens is 2. The summed E-state index contributed by atoms with van der Waals surface area (Å²) < 4.78 is 33.8. The van der Waals surface area contributed by atoms with Crippen LogP contribution in [0.5, 0.6) is 0 Å². The van der Waals surface area contributed by atoms with Crippen LogP contribution >= 0.6 is 11.8 Å². The Bertz CT molecular complexity index is 1190. The van der Waals surface area contributed by atoms with Gasteiger partial charge in [0.25, 0.3) is 0 Å². The normalized spacial score (nSPS) is 15.4. The predicted molar refractivity (Wildman–Crippen MR) is 148 cm³/mol. The van der Waals surface area contributed by atoms with Gasteiger partial charge in [-0.3, -0.25) is 4.98 Å². The highest BCUT2D eigenvalue weighted by Gasteiger charge is 2.25. The van der Waals surface area contributed by atoms with Crippen LogP contribution in [0.4, 0.5) is 8.78 Å². The predicted octanol–water partition coefficient (Wildman–Crippen LogP) is 7.20. The summed E-state index contributed by atoms with van der Waals surface area (Å²) in [6.45, 7) is 8.25. The molecule has 0 saturated heterocycles. The molecule has 2 aromatic heterocycles. The lowest BCUT2D eigenvalue weighted by atomic mass is 9.84. The molecule has 1 unspecified atom stereocenters. The zero-order chi connectivity index (χ0) is 27.4. The topological polar surface area (TPSA) is 104 Å². The van der Waals surface area contributed by atoms with Gasteiger partial charge in [0.1, 0.15) is 23.6 Å². The van der Waals surface area contributed by atoms with Gasteiger partial charge in [0.05, 0.1) is 23.1 Å². The Morgan fingerprint density at radius 3 is 2.49 bits per heavy atom. The molecule has 0 bridgehead atoms. The summed E-state index contributed by atoms with van der Waals surface area (Å²) in [5, 5.41) is 0. The molecule has 6 nitrogen and oxygen atoms in total. The zero-order valence-corrected chi connectivity index (χ0v) is 23.0. The molecule has 1 aliphatic carbocycles. The van der Waals surface area contributed by atoms with Crippen LogP contribution in [0.15, 0.2) is 58.6 Å². The monoisotopic (exact) mass is 529 g/mol. The molecule has 37 heavy (non-hydrogen) atoms. The van der Waals surface area contributed by atoms with Crippen molar-refractivity contribution < 1.29 is 13.2 Å². The average Bonchev–Trinajstić information content (AvgIpc) is 3.36. The van der Waals surface area contributed by atoms with E-state index in [0.717, 1.165) is 29.9 Å². The van der Waals surface area contributed by atoms with E-state index in [2.05, 4.69) is 28.8 Å². The summed E-state index contributed by atoms with van der Waals surface area (Å²) in [6, 6.07) is 3.65. The van der Waals surface area contributed by atoms with Gasteiger partial charge in [0.15, 0.2) is 0 Å². The van der Waals surface area contributed by atoms with Crippen LogP contribution in [0, 0.1) is 11.6 Å². The highest BCUT2D eigenvalue weighted by atomic mass is 32.2. The van der Waals surface area contributed by atoms with E-state index in [9.17, 15) is 8.78 Å². The molecule has 200 valence electrons. The molecule has 9 heteroatoms. The molecular weight excluding hydrogens is 492 g/mol.